The van der Waals surface area contributed by atoms with Gasteiger partial charge < -0.3 is 10.1 Å². The van der Waals surface area contributed by atoms with E-state index in [0.717, 1.165) is 22.6 Å². The van der Waals surface area contributed by atoms with Crippen LogP contribution in [0, 0.1) is 0 Å². The van der Waals surface area contributed by atoms with E-state index in [1.165, 1.54) is 4.80 Å². The van der Waals surface area contributed by atoms with Crippen molar-refractivity contribution in [1.29, 1.82) is 0 Å². The Hall–Kier alpha value is -4.07. The SMILES string of the molecule is CC(NC(=O)Cn1nnc(-c2ccccc2)n1)c1cccc(OCc2ccccn2)c1. The van der Waals surface area contributed by atoms with Gasteiger partial charge in [-0.1, -0.05) is 48.5 Å². The highest BCUT2D eigenvalue weighted by Gasteiger charge is 2.13. The van der Waals surface area contributed by atoms with Crippen molar-refractivity contribution in [2.75, 3.05) is 0 Å². The summed E-state index contributed by atoms with van der Waals surface area (Å²) in [6, 6.07) is 22.6. The molecule has 156 valence electrons. The fourth-order valence-corrected chi connectivity index (χ4v) is 3.03. The Morgan fingerprint density at radius 3 is 2.71 bits per heavy atom. The molecule has 0 aliphatic rings. The number of carbonyl (C=O) groups excluding carboxylic acids is 1. The lowest BCUT2D eigenvalue weighted by molar-refractivity contribution is -0.122. The van der Waals surface area contributed by atoms with Crippen LogP contribution in [0.1, 0.15) is 24.2 Å². The van der Waals surface area contributed by atoms with Gasteiger partial charge >= 0.3 is 0 Å². The van der Waals surface area contributed by atoms with Crippen LogP contribution in [-0.4, -0.2) is 31.1 Å². The Balaban J connectivity index is 1.33. The van der Waals surface area contributed by atoms with Crippen LogP contribution < -0.4 is 10.1 Å². The average molecular weight is 414 g/mol. The Morgan fingerprint density at radius 2 is 1.90 bits per heavy atom. The molecule has 8 heteroatoms. The van der Waals surface area contributed by atoms with Gasteiger partial charge in [0.1, 0.15) is 18.9 Å². The number of nitrogens with one attached hydrogen (secondary N) is 1. The number of rotatable bonds is 8. The predicted octanol–water partition coefficient (Wildman–Crippen LogP) is 3.19. The smallest absolute Gasteiger partial charge is 0.244 e. The summed E-state index contributed by atoms with van der Waals surface area (Å²) in [7, 11) is 0. The van der Waals surface area contributed by atoms with Crippen LogP contribution >= 0.6 is 0 Å². The predicted molar refractivity (Wildman–Crippen MR) is 115 cm³/mol. The first-order valence-electron chi connectivity index (χ1n) is 9.92. The quantitative estimate of drug-likeness (QED) is 0.476. The second-order valence-electron chi connectivity index (χ2n) is 6.98. The minimum Gasteiger partial charge on any atom is -0.487 e. The third-order valence-electron chi connectivity index (χ3n) is 4.62. The maximum atomic E-state index is 12.5. The first-order valence-corrected chi connectivity index (χ1v) is 9.92. The number of hydrogen-bond donors (Lipinski definition) is 1. The van der Waals surface area contributed by atoms with E-state index in [1.54, 1.807) is 6.20 Å². The molecular formula is C23H22N6O2. The molecule has 0 spiro atoms. The van der Waals surface area contributed by atoms with Crippen molar-refractivity contribution in [3.8, 4) is 17.1 Å². The number of tetrazole rings is 1. The number of hydrogen-bond acceptors (Lipinski definition) is 6. The molecule has 0 fully saturated rings. The van der Waals surface area contributed by atoms with E-state index in [0.29, 0.717) is 12.4 Å². The van der Waals surface area contributed by atoms with E-state index >= 15 is 0 Å². The molecule has 0 saturated carbocycles. The summed E-state index contributed by atoms with van der Waals surface area (Å²) in [6.07, 6.45) is 1.74. The van der Waals surface area contributed by atoms with Crippen LogP contribution in [0.5, 0.6) is 5.75 Å². The monoisotopic (exact) mass is 414 g/mol. The maximum Gasteiger partial charge on any atom is 0.244 e. The highest BCUT2D eigenvalue weighted by Crippen LogP contribution is 2.20. The number of nitrogens with zero attached hydrogens (tertiary/aromatic N) is 5. The van der Waals surface area contributed by atoms with E-state index in [2.05, 4.69) is 25.7 Å². The molecule has 1 amide bonds. The molecule has 1 unspecified atom stereocenters. The minimum atomic E-state index is -0.206. The topological polar surface area (TPSA) is 94.8 Å². The summed E-state index contributed by atoms with van der Waals surface area (Å²) in [4.78, 5) is 18.0. The van der Waals surface area contributed by atoms with Crippen molar-refractivity contribution in [2.45, 2.75) is 26.1 Å². The van der Waals surface area contributed by atoms with Crippen LogP contribution in [0.4, 0.5) is 0 Å². The van der Waals surface area contributed by atoms with E-state index in [4.69, 9.17) is 4.74 Å². The Morgan fingerprint density at radius 1 is 1.06 bits per heavy atom. The second kappa shape index (κ2) is 9.62. The number of aromatic nitrogens is 5. The molecule has 8 nitrogen and oxygen atoms in total. The average Bonchev–Trinajstić information content (AvgIpc) is 3.27. The molecule has 2 aromatic carbocycles. The van der Waals surface area contributed by atoms with E-state index in [9.17, 15) is 4.79 Å². The minimum absolute atomic E-state index is 0.0138. The number of pyridine rings is 1. The molecule has 4 rings (SSSR count). The van der Waals surface area contributed by atoms with Crippen molar-refractivity contribution in [2.24, 2.45) is 0 Å². The zero-order valence-corrected chi connectivity index (χ0v) is 17.0. The standard InChI is InChI=1S/C23H22N6O2/c1-17(19-10-7-12-21(14-19)31-16-20-11-5-6-13-24-20)25-22(30)15-29-27-23(26-28-29)18-8-3-2-4-9-18/h2-14,17H,15-16H2,1H3,(H,25,30). The molecular weight excluding hydrogens is 392 g/mol. The third kappa shape index (κ3) is 5.51. The first-order chi connectivity index (χ1) is 15.2. The molecule has 2 aromatic heterocycles. The Bertz CT molecular complexity index is 1130. The van der Waals surface area contributed by atoms with Gasteiger partial charge in [0, 0.05) is 11.8 Å². The van der Waals surface area contributed by atoms with Crippen LogP contribution in [0.3, 0.4) is 0 Å². The van der Waals surface area contributed by atoms with E-state index in [1.807, 2.05) is 79.7 Å². The number of ether oxygens (including phenoxy) is 1. The lowest BCUT2D eigenvalue weighted by Crippen LogP contribution is -2.30. The zero-order valence-electron chi connectivity index (χ0n) is 17.0. The molecule has 2 heterocycles. The Labute approximate surface area is 179 Å². The fraction of sp³-hybridized carbons (Fsp3) is 0.174. The second-order valence-corrected chi connectivity index (χ2v) is 6.98. The summed E-state index contributed by atoms with van der Waals surface area (Å²) >= 11 is 0. The molecule has 31 heavy (non-hydrogen) atoms. The molecule has 0 bridgehead atoms. The van der Waals surface area contributed by atoms with Crippen LogP contribution in [0.15, 0.2) is 79.0 Å². The summed E-state index contributed by atoms with van der Waals surface area (Å²) in [5.41, 5.74) is 2.64. The highest BCUT2D eigenvalue weighted by molar-refractivity contribution is 5.76. The van der Waals surface area contributed by atoms with Crippen LogP contribution in [0.25, 0.3) is 11.4 Å². The maximum absolute atomic E-state index is 12.5. The van der Waals surface area contributed by atoms with Gasteiger partial charge in [0.15, 0.2) is 0 Å². The Kier molecular flexibility index (Phi) is 6.27. The number of amides is 1. The highest BCUT2D eigenvalue weighted by atomic mass is 16.5. The summed E-state index contributed by atoms with van der Waals surface area (Å²) < 4.78 is 5.82. The third-order valence-corrected chi connectivity index (χ3v) is 4.62. The van der Waals surface area contributed by atoms with Gasteiger partial charge in [0.2, 0.25) is 11.7 Å². The van der Waals surface area contributed by atoms with Gasteiger partial charge in [-0.2, -0.15) is 4.80 Å². The fourth-order valence-electron chi connectivity index (χ4n) is 3.03. The summed E-state index contributed by atoms with van der Waals surface area (Å²) in [6.45, 7) is 2.28. The largest absolute Gasteiger partial charge is 0.487 e. The van der Waals surface area contributed by atoms with Gasteiger partial charge in [0.25, 0.3) is 0 Å². The summed E-state index contributed by atoms with van der Waals surface area (Å²) in [5, 5.41) is 15.2. The van der Waals surface area contributed by atoms with Crippen molar-refractivity contribution >= 4 is 5.91 Å². The van der Waals surface area contributed by atoms with E-state index < -0.39 is 0 Å². The zero-order chi connectivity index (χ0) is 21.5. The molecule has 0 radical (unpaired) electrons. The molecule has 4 aromatic rings. The van der Waals surface area contributed by atoms with Gasteiger partial charge in [-0.25, -0.2) is 0 Å². The normalized spacial score (nSPS) is 11.6. The first kappa shape index (κ1) is 20.2. The van der Waals surface area contributed by atoms with Crippen LogP contribution in [0.2, 0.25) is 0 Å². The van der Waals surface area contributed by atoms with Gasteiger partial charge in [-0.15, -0.1) is 10.2 Å². The lowest BCUT2D eigenvalue weighted by atomic mass is 10.1. The molecule has 1 atom stereocenters. The van der Waals surface area contributed by atoms with Crippen molar-refractivity contribution in [3.63, 3.8) is 0 Å². The molecule has 0 aliphatic carbocycles. The van der Waals surface area contributed by atoms with Crippen molar-refractivity contribution in [1.82, 2.24) is 30.5 Å². The van der Waals surface area contributed by atoms with E-state index in [-0.39, 0.29) is 18.5 Å². The van der Waals surface area contributed by atoms with Crippen LogP contribution in [-0.2, 0) is 17.9 Å². The number of carbonyl (C=O) groups is 1. The lowest BCUT2D eigenvalue weighted by Gasteiger charge is -2.15. The number of benzene rings is 2. The van der Waals surface area contributed by atoms with Gasteiger partial charge in [-0.05, 0) is 42.0 Å². The van der Waals surface area contributed by atoms with Gasteiger partial charge in [0.05, 0.1) is 11.7 Å². The molecule has 0 saturated heterocycles. The van der Waals surface area contributed by atoms with Crippen molar-refractivity contribution < 1.29 is 9.53 Å². The molecule has 1 N–H and O–H groups in total. The summed E-state index contributed by atoms with van der Waals surface area (Å²) in [5.74, 6) is 0.998. The van der Waals surface area contributed by atoms with Gasteiger partial charge in [-0.3, -0.25) is 9.78 Å². The van der Waals surface area contributed by atoms with Crippen molar-refractivity contribution in [3.05, 3.63) is 90.3 Å². The molecule has 0 aliphatic heterocycles.